The number of carbonyl (C=O) groups is 2. The largest absolute Gasteiger partial charge is 0.354 e. The summed E-state index contributed by atoms with van der Waals surface area (Å²) in [6.45, 7) is 2.92. The smallest absolute Gasteiger partial charge is 0.241 e. The van der Waals surface area contributed by atoms with E-state index in [1.54, 1.807) is 0 Å². The number of rotatable bonds is 6. The van der Waals surface area contributed by atoms with Crippen molar-refractivity contribution < 1.29 is 22.4 Å². The lowest BCUT2D eigenvalue weighted by molar-refractivity contribution is -0.129. The van der Waals surface area contributed by atoms with Crippen LogP contribution in [0.3, 0.4) is 0 Å². The molecule has 31 heavy (non-hydrogen) atoms. The van der Waals surface area contributed by atoms with Crippen molar-refractivity contribution >= 4 is 33.4 Å². The maximum atomic E-state index is 14.7. The molecule has 0 spiro atoms. The summed E-state index contributed by atoms with van der Waals surface area (Å²) in [5.41, 5.74) is 2.22. The van der Waals surface area contributed by atoms with E-state index < -0.39 is 38.6 Å². The van der Waals surface area contributed by atoms with Gasteiger partial charge in [0.1, 0.15) is 6.17 Å². The number of halogens is 2. The third-order valence-corrected chi connectivity index (χ3v) is 8.75. The summed E-state index contributed by atoms with van der Waals surface area (Å²) in [5.74, 6) is -1.89. The lowest BCUT2D eigenvalue weighted by Crippen LogP contribution is -2.54. The average Bonchev–Trinajstić information content (AvgIpc) is 3.14. The molecule has 2 saturated carbocycles. The maximum Gasteiger partial charge on any atom is 0.241 e. The minimum absolute atomic E-state index is 0.0311. The van der Waals surface area contributed by atoms with Crippen molar-refractivity contribution in [3.63, 3.8) is 0 Å². The molecule has 2 amide bonds. The van der Waals surface area contributed by atoms with Gasteiger partial charge in [0.05, 0.1) is 16.5 Å². The second-order valence-electron chi connectivity index (χ2n) is 9.13. The van der Waals surface area contributed by atoms with Gasteiger partial charge in [-0.05, 0) is 45.1 Å². The van der Waals surface area contributed by atoms with Gasteiger partial charge >= 0.3 is 0 Å². The highest BCUT2D eigenvalue weighted by Crippen LogP contribution is 2.37. The van der Waals surface area contributed by atoms with Crippen molar-refractivity contribution in [3.8, 4) is 0 Å². The summed E-state index contributed by atoms with van der Waals surface area (Å²) in [4.78, 5) is 28.2. The monoisotopic (exact) mass is 481 g/mol. The number of alkyl halides is 2. The second kappa shape index (κ2) is 10.3. The van der Waals surface area contributed by atoms with Crippen LogP contribution in [0, 0.1) is 11.8 Å². The van der Waals surface area contributed by atoms with E-state index in [2.05, 4.69) is 25.8 Å². The van der Waals surface area contributed by atoms with Gasteiger partial charge in [-0.2, -0.15) is 0 Å². The van der Waals surface area contributed by atoms with Gasteiger partial charge in [-0.15, -0.1) is 16.4 Å². The van der Waals surface area contributed by atoms with Crippen molar-refractivity contribution in [2.75, 3.05) is 20.3 Å². The Kier molecular flexibility index (Phi) is 8.17. The van der Waals surface area contributed by atoms with Crippen LogP contribution in [0.5, 0.6) is 0 Å². The number of likely N-dealkylation sites (N-methyl/N-ethyl adjacent to an activating group) is 1. The van der Waals surface area contributed by atoms with E-state index in [9.17, 15) is 22.4 Å². The minimum atomic E-state index is -3.86. The van der Waals surface area contributed by atoms with Crippen LogP contribution in [0.2, 0.25) is 0 Å². The molecule has 3 fully saturated rings. The van der Waals surface area contributed by atoms with Crippen molar-refractivity contribution in [3.05, 3.63) is 0 Å². The topological polar surface area (TPSA) is 120 Å². The maximum absolute atomic E-state index is 14.7. The van der Waals surface area contributed by atoms with E-state index in [1.807, 2.05) is 7.05 Å². The third kappa shape index (κ3) is 6.28. The van der Waals surface area contributed by atoms with Gasteiger partial charge in [0.2, 0.25) is 21.8 Å². The summed E-state index contributed by atoms with van der Waals surface area (Å²) in [5, 5.41) is 4.58. The quantitative estimate of drug-likeness (QED) is 0.318. The van der Waals surface area contributed by atoms with Crippen LogP contribution in [-0.4, -0.2) is 74.3 Å². The summed E-state index contributed by atoms with van der Waals surface area (Å²) in [7, 11) is -1.88. The molecule has 0 radical (unpaired) electrons. The molecule has 7 unspecified atom stereocenters. The Morgan fingerprint density at radius 1 is 1.19 bits per heavy atom. The fourth-order valence-electron chi connectivity index (χ4n) is 5.00. The van der Waals surface area contributed by atoms with Crippen LogP contribution in [0.15, 0.2) is 0 Å². The Balaban J connectivity index is 1.57. The number of sulfonamides is 1. The fraction of sp³-hybridized carbons (Fsp3) is 0.895. The number of hydrogen-bond donors (Lipinski definition) is 4. The van der Waals surface area contributed by atoms with Crippen molar-refractivity contribution in [1.29, 1.82) is 0 Å². The summed E-state index contributed by atoms with van der Waals surface area (Å²) < 4.78 is 40.1. The first-order chi connectivity index (χ1) is 14.6. The van der Waals surface area contributed by atoms with E-state index in [1.165, 1.54) is 6.92 Å². The molecule has 2 aliphatic carbocycles. The molecule has 1 heterocycles. The van der Waals surface area contributed by atoms with Crippen LogP contribution in [-0.2, 0) is 19.6 Å². The Bertz CT molecular complexity index is 772. The molecule has 9 nitrogen and oxygen atoms in total. The van der Waals surface area contributed by atoms with Crippen LogP contribution in [0.4, 0.5) is 4.39 Å². The zero-order chi connectivity index (χ0) is 22.8. The fourth-order valence-corrected chi connectivity index (χ4v) is 6.78. The molecular weight excluding hydrogens is 449 g/mol. The Morgan fingerprint density at radius 3 is 2.58 bits per heavy atom. The van der Waals surface area contributed by atoms with Gasteiger partial charge in [-0.3, -0.25) is 25.2 Å². The van der Waals surface area contributed by atoms with E-state index >= 15 is 0 Å². The van der Waals surface area contributed by atoms with E-state index in [4.69, 9.17) is 11.6 Å². The van der Waals surface area contributed by atoms with Crippen LogP contribution in [0.25, 0.3) is 0 Å². The predicted octanol–water partition coefficient (Wildman–Crippen LogP) is 0.217. The van der Waals surface area contributed by atoms with Crippen molar-refractivity contribution in [2.24, 2.45) is 11.8 Å². The molecule has 1 saturated heterocycles. The van der Waals surface area contributed by atoms with E-state index in [-0.39, 0.29) is 30.3 Å². The number of carbonyl (C=O) groups excluding carboxylic acids is 2. The van der Waals surface area contributed by atoms with Gasteiger partial charge in [-0.1, -0.05) is 6.42 Å². The normalized spacial score (nSPS) is 37.4. The lowest BCUT2D eigenvalue weighted by Gasteiger charge is -2.37. The first-order valence-corrected chi connectivity index (χ1v) is 12.8. The van der Waals surface area contributed by atoms with E-state index in [0.29, 0.717) is 32.1 Å². The zero-order valence-corrected chi connectivity index (χ0v) is 19.5. The summed E-state index contributed by atoms with van der Waals surface area (Å²) in [6, 6.07) is -0.0920. The number of nitrogens with one attached hydrogen (secondary N) is 4. The molecule has 3 aliphatic rings. The van der Waals surface area contributed by atoms with Crippen LogP contribution < -0.4 is 20.9 Å². The molecule has 7 atom stereocenters. The van der Waals surface area contributed by atoms with Gasteiger partial charge in [0, 0.05) is 32.2 Å². The van der Waals surface area contributed by atoms with Crippen LogP contribution >= 0.6 is 11.6 Å². The molecule has 3 rings (SSSR count). The number of hydrazine groups is 1. The Morgan fingerprint density at radius 2 is 1.94 bits per heavy atom. The first kappa shape index (κ1) is 24.6. The van der Waals surface area contributed by atoms with Crippen LogP contribution in [0.1, 0.15) is 45.4 Å². The molecule has 0 aromatic carbocycles. The molecule has 0 aromatic heterocycles. The molecular formula is C19H33ClFN5O4S. The predicted molar refractivity (Wildman–Crippen MR) is 115 cm³/mol. The molecule has 0 bridgehead atoms. The van der Waals surface area contributed by atoms with Gasteiger partial charge in [-0.25, -0.2) is 12.8 Å². The first-order valence-electron chi connectivity index (χ1n) is 10.8. The average molecular weight is 482 g/mol. The second-order valence-corrected chi connectivity index (χ2v) is 11.6. The number of amides is 2. The summed E-state index contributed by atoms with van der Waals surface area (Å²) in [6.07, 6.45) is 1.30. The van der Waals surface area contributed by atoms with E-state index in [0.717, 1.165) is 13.2 Å². The Hall–Kier alpha value is -1.01. The van der Waals surface area contributed by atoms with Gasteiger partial charge < -0.3 is 5.32 Å². The minimum Gasteiger partial charge on any atom is -0.354 e. The van der Waals surface area contributed by atoms with Gasteiger partial charge in [0.15, 0.2) is 0 Å². The highest BCUT2D eigenvalue weighted by atomic mass is 35.5. The number of nitrogens with zero attached hydrogens (tertiary/aromatic N) is 1. The molecule has 4 N–H and O–H groups in total. The number of hydrogen-bond acceptors (Lipinski definition) is 6. The summed E-state index contributed by atoms with van der Waals surface area (Å²) >= 11 is 6.22. The Labute approximate surface area is 188 Å². The molecule has 12 heteroatoms. The SMILES string of the molecule is CC(=O)NC1CCCC(S(=O)(=O)NNC(=O)C2CC(C3CN(C)CN3)CC(Cl)C2F)C1. The zero-order valence-electron chi connectivity index (χ0n) is 17.9. The third-order valence-electron chi connectivity index (χ3n) is 6.64. The lowest BCUT2D eigenvalue weighted by atomic mass is 9.76. The highest BCUT2D eigenvalue weighted by Gasteiger charge is 2.44. The standard InChI is InChI=1S/C19H33ClFN5O4S/c1-11(27)23-13-4-3-5-14(8-13)31(29,30)25-24-19(28)15-6-12(7-16(20)18(15)21)17-9-26(2)10-22-17/h12-18,22,25H,3-10H2,1-2H3,(H,23,27)(H,24,28). The molecule has 0 aromatic rings. The highest BCUT2D eigenvalue weighted by molar-refractivity contribution is 7.90. The van der Waals surface area contributed by atoms with Gasteiger partial charge in [0.25, 0.3) is 0 Å². The van der Waals surface area contributed by atoms with Crippen molar-refractivity contribution in [2.45, 2.75) is 74.3 Å². The van der Waals surface area contributed by atoms with Crippen molar-refractivity contribution in [1.82, 2.24) is 25.8 Å². The molecule has 1 aliphatic heterocycles. The molecule has 178 valence electrons.